The average Bonchev–Trinajstić information content (AvgIpc) is 2.91. The summed E-state index contributed by atoms with van der Waals surface area (Å²) in [4.78, 5) is 17.8. The first-order chi connectivity index (χ1) is 11.5. The Labute approximate surface area is 141 Å². The molecule has 0 aliphatic rings. The standard InChI is InChI=1S/C19H21N3O2/c1-12-16-11-15(24-4)9-10-17(16)21-18(12)19(23)20-13-5-7-14(8-6-13)22(2)3/h5-11,21H,1-4H3,(H,20,23). The summed E-state index contributed by atoms with van der Waals surface area (Å²) >= 11 is 0. The lowest BCUT2D eigenvalue weighted by atomic mass is 10.1. The summed E-state index contributed by atoms with van der Waals surface area (Å²) in [5.41, 5.74) is 4.24. The van der Waals surface area contributed by atoms with Crippen molar-refractivity contribution in [3.63, 3.8) is 0 Å². The van der Waals surface area contributed by atoms with Crippen LogP contribution in [0.1, 0.15) is 16.1 Å². The van der Waals surface area contributed by atoms with Crippen LogP contribution in [0.5, 0.6) is 5.75 Å². The number of H-pyrrole nitrogens is 1. The molecule has 0 aliphatic carbocycles. The fourth-order valence-electron chi connectivity index (χ4n) is 2.70. The van der Waals surface area contributed by atoms with Crippen molar-refractivity contribution >= 4 is 28.2 Å². The molecule has 0 aliphatic heterocycles. The van der Waals surface area contributed by atoms with Gasteiger partial charge in [0, 0.05) is 36.4 Å². The van der Waals surface area contributed by atoms with Crippen molar-refractivity contribution in [3.05, 3.63) is 53.7 Å². The Bertz CT molecular complexity index is 880. The monoisotopic (exact) mass is 323 g/mol. The molecule has 0 bridgehead atoms. The zero-order chi connectivity index (χ0) is 17.3. The minimum absolute atomic E-state index is 0.153. The number of nitrogens with one attached hydrogen (secondary N) is 2. The van der Waals surface area contributed by atoms with E-state index in [1.165, 1.54) is 0 Å². The highest BCUT2D eigenvalue weighted by Gasteiger charge is 2.15. The molecule has 0 unspecified atom stereocenters. The van der Waals surface area contributed by atoms with Gasteiger partial charge in [-0.05, 0) is 55.0 Å². The lowest BCUT2D eigenvalue weighted by Crippen LogP contribution is -2.14. The predicted octanol–water partition coefficient (Wildman–Crippen LogP) is 3.80. The van der Waals surface area contributed by atoms with Gasteiger partial charge in [0.05, 0.1) is 7.11 Å². The lowest BCUT2D eigenvalue weighted by Gasteiger charge is -2.13. The number of anilines is 2. The fourth-order valence-corrected chi connectivity index (χ4v) is 2.70. The van der Waals surface area contributed by atoms with Gasteiger partial charge in [-0.3, -0.25) is 4.79 Å². The number of ether oxygens (including phenoxy) is 1. The van der Waals surface area contributed by atoms with E-state index < -0.39 is 0 Å². The lowest BCUT2D eigenvalue weighted by molar-refractivity contribution is 0.102. The minimum Gasteiger partial charge on any atom is -0.497 e. The Morgan fingerprint density at radius 2 is 1.83 bits per heavy atom. The first-order valence-corrected chi connectivity index (χ1v) is 7.74. The third kappa shape index (κ3) is 2.93. The van der Waals surface area contributed by atoms with Crippen LogP contribution in [0.3, 0.4) is 0 Å². The summed E-state index contributed by atoms with van der Waals surface area (Å²) in [5.74, 6) is 0.621. The van der Waals surface area contributed by atoms with Crippen LogP contribution in [0, 0.1) is 6.92 Å². The van der Waals surface area contributed by atoms with Gasteiger partial charge in [0.1, 0.15) is 11.4 Å². The Kier molecular flexibility index (Phi) is 4.16. The molecular weight excluding hydrogens is 302 g/mol. The van der Waals surface area contributed by atoms with Gasteiger partial charge >= 0.3 is 0 Å². The van der Waals surface area contributed by atoms with Gasteiger partial charge < -0.3 is 19.9 Å². The number of rotatable bonds is 4. The maximum atomic E-state index is 12.6. The van der Waals surface area contributed by atoms with Crippen LogP contribution in [0.4, 0.5) is 11.4 Å². The van der Waals surface area contributed by atoms with Crippen molar-refractivity contribution in [2.75, 3.05) is 31.4 Å². The van der Waals surface area contributed by atoms with Crippen LogP contribution in [0.25, 0.3) is 10.9 Å². The molecule has 1 heterocycles. The summed E-state index contributed by atoms with van der Waals surface area (Å²) in [5, 5.41) is 3.92. The van der Waals surface area contributed by atoms with Gasteiger partial charge in [0.15, 0.2) is 0 Å². The molecule has 0 atom stereocenters. The smallest absolute Gasteiger partial charge is 0.272 e. The first-order valence-electron chi connectivity index (χ1n) is 7.74. The molecule has 0 saturated heterocycles. The molecule has 3 rings (SSSR count). The number of amides is 1. The van der Waals surface area contributed by atoms with E-state index in [1.807, 2.05) is 68.4 Å². The second-order valence-electron chi connectivity index (χ2n) is 5.93. The highest BCUT2D eigenvalue weighted by atomic mass is 16.5. The molecule has 3 aromatic rings. The van der Waals surface area contributed by atoms with Crippen LogP contribution < -0.4 is 15.0 Å². The van der Waals surface area contributed by atoms with Gasteiger partial charge in [-0.25, -0.2) is 0 Å². The molecule has 2 aromatic carbocycles. The first kappa shape index (κ1) is 15.9. The number of aromatic amines is 1. The third-order valence-electron chi connectivity index (χ3n) is 4.13. The van der Waals surface area contributed by atoms with Crippen LogP contribution in [0.15, 0.2) is 42.5 Å². The Morgan fingerprint density at radius 1 is 1.12 bits per heavy atom. The van der Waals surface area contributed by atoms with Crippen molar-refractivity contribution in [1.29, 1.82) is 0 Å². The summed E-state index contributed by atoms with van der Waals surface area (Å²) in [6, 6.07) is 13.5. The number of fused-ring (bicyclic) bond motifs is 1. The topological polar surface area (TPSA) is 57.4 Å². The van der Waals surface area contributed by atoms with E-state index in [9.17, 15) is 4.79 Å². The zero-order valence-electron chi connectivity index (χ0n) is 14.3. The Balaban J connectivity index is 1.87. The number of carbonyl (C=O) groups excluding carboxylic acids is 1. The normalized spacial score (nSPS) is 10.7. The molecule has 5 nitrogen and oxygen atoms in total. The molecule has 5 heteroatoms. The summed E-state index contributed by atoms with van der Waals surface area (Å²) in [6.07, 6.45) is 0. The highest BCUT2D eigenvalue weighted by Crippen LogP contribution is 2.26. The van der Waals surface area contributed by atoms with Crippen LogP contribution >= 0.6 is 0 Å². The molecule has 1 amide bonds. The van der Waals surface area contributed by atoms with Crippen molar-refractivity contribution in [3.8, 4) is 5.75 Å². The molecule has 0 saturated carbocycles. The van der Waals surface area contributed by atoms with Crippen LogP contribution in [-0.4, -0.2) is 32.1 Å². The number of benzene rings is 2. The van der Waals surface area contributed by atoms with Gasteiger partial charge in [0.25, 0.3) is 5.91 Å². The number of hydrogen-bond acceptors (Lipinski definition) is 3. The van der Waals surface area contributed by atoms with E-state index in [1.54, 1.807) is 7.11 Å². The van der Waals surface area contributed by atoms with Crippen LogP contribution in [-0.2, 0) is 0 Å². The fraction of sp³-hybridized carbons (Fsp3) is 0.211. The quantitative estimate of drug-likeness (QED) is 0.768. The molecule has 0 radical (unpaired) electrons. The van der Waals surface area contributed by atoms with Gasteiger partial charge in [-0.1, -0.05) is 0 Å². The zero-order valence-corrected chi connectivity index (χ0v) is 14.3. The molecule has 2 N–H and O–H groups in total. The molecule has 1 aromatic heterocycles. The number of aryl methyl sites for hydroxylation is 1. The van der Waals surface area contributed by atoms with E-state index >= 15 is 0 Å². The van der Waals surface area contributed by atoms with Gasteiger partial charge in [-0.15, -0.1) is 0 Å². The number of methoxy groups -OCH3 is 1. The summed E-state index contributed by atoms with van der Waals surface area (Å²) in [6.45, 7) is 1.93. The second-order valence-corrected chi connectivity index (χ2v) is 5.93. The van der Waals surface area contributed by atoms with E-state index in [2.05, 4.69) is 10.3 Å². The van der Waals surface area contributed by atoms with Gasteiger partial charge in [-0.2, -0.15) is 0 Å². The maximum absolute atomic E-state index is 12.6. The van der Waals surface area contributed by atoms with Crippen molar-refractivity contribution < 1.29 is 9.53 Å². The highest BCUT2D eigenvalue weighted by molar-refractivity contribution is 6.08. The molecule has 24 heavy (non-hydrogen) atoms. The minimum atomic E-state index is -0.153. The maximum Gasteiger partial charge on any atom is 0.272 e. The third-order valence-corrected chi connectivity index (χ3v) is 4.13. The Hall–Kier alpha value is -2.95. The van der Waals surface area contributed by atoms with Crippen molar-refractivity contribution in [2.24, 2.45) is 0 Å². The number of carbonyl (C=O) groups is 1. The number of hydrogen-bond donors (Lipinski definition) is 2. The summed E-state index contributed by atoms with van der Waals surface area (Å²) < 4.78 is 5.25. The predicted molar refractivity (Wildman–Crippen MR) is 98.3 cm³/mol. The SMILES string of the molecule is COc1ccc2[nH]c(C(=O)Nc3ccc(N(C)C)cc3)c(C)c2c1. The van der Waals surface area contributed by atoms with Crippen molar-refractivity contribution in [2.45, 2.75) is 6.92 Å². The largest absolute Gasteiger partial charge is 0.497 e. The second kappa shape index (κ2) is 6.28. The number of nitrogens with zero attached hydrogens (tertiary/aromatic N) is 1. The van der Waals surface area contributed by atoms with Crippen molar-refractivity contribution in [1.82, 2.24) is 4.98 Å². The molecular formula is C19H21N3O2. The van der Waals surface area contributed by atoms with E-state index in [0.29, 0.717) is 5.69 Å². The number of aromatic nitrogens is 1. The van der Waals surface area contributed by atoms with Gasteiger partial charge in [0.2, 0.25) is 0 Å². The van der Waals surface area contributed by atoms with E-state index in [-0.39, 0.29) is 5.91 Å². The average molecular weight is 323 g/mol. The summed E-state index contributed by atoms with van der Waals surface area (Å²) in [7, 11) is 5.60. The molecule has 0 fully saturated rings. The van der Waals surface area contributed by atoms with E-state index in [0.717, 1.165) is 33.6 Å². The Morgan fingerprint density at radius 3 is 2.46 bits per heavy atom. The van der Waals surface area contributed by atoms with Crippen LogP contribution in [0.2, 0.25) is 0 Å². The van der Waals surface area contributed by atoms with E-state index in [4.69, 9.17) is 4.74 Å². The molecule has 124 valence electrons. The molecule has 0 spiro atoms.